The van der Waals surface area contributed by atoms with Gasteiger partial charge in [-0.1, -0.05) is 6.42 Å². The predicted molar refractivity (Wildman–Crippen MR) is 79.4 cm³/mol. The number of rotatable bonds is 4. The van der Waals surface area contributed by atoms with E-state index in [1.54, 1.807) is 12.3 Å². The lowest BCUT2D eigenvalue weighted by atomic mass is 9.88. The zero-order valence-electron chi connectivity index (χ0n) is 11.9. The molecule has 0 aliphatic heterocycles. The van der Waals surface area contributed by atoms with Crippen molar-refractivity contribution in [3.63, 3.8) is 0 Å². The molecule has 1 aromatic rings. The average molecular weight is 274 g/mol. The summed E-state index contributed by atoms with van der Waals surface area (Å²) in [5.74, 6) is 2.68. The summed E-state index contributed by atoms with van der Waals surface area (Å²) >= 11 is 0. The summed E-state index contributed by atoms with van der Waals surface area (Å²) in [6, 6.07) is 1.61. The molecule has 20 heavy (non-hydrogen) atoms. The number of hydrogen-bond donors (Lipinski definition) is 2. The number of primary amides is 1. The fourth-order valence-electron chi connectivity index (χ4n) is 4.00. The molecule has 0 saturated heterocycles. The zero-order chi connectivity index (χ0) is 14.3. The minimum Gasteiger partial charge on any atom is -0.397 e. The molecule has 0 aromatic carbocycles. The van der Waals surface area contributed by atoms with Gasteiger partial charge in [0, 0.05) is 13.6 Å². The summed E-state index contributed by atoms with van der Waals surface area (Å²) < 4.78 is 0. The maximum atomic E-state index is 11.5. The number of nitrogen functional groups attached to an aromatic ring is 1. The van der Waals surface area contributed by atoms with Crippen molar-refractivity contribution in [1.82, 2.24) is 4.98 Å². The number of nitrogens with two attached hydrogens (primary N) is 2. The Labute approximate surface area is 119 Å². The molecular weight excluding hydrogens is 252 g/mol. The van der Waals surface area contributed by atoms with E-state index in [4.69, 9.17) is 11.5 Å². The molecule has 4 N–H and O–H groups in total. The van der Waals surface area contributed by atoms with E-state index in [1.165, 1.54) is 25.7 Å². The second kappa shape index (κ2) is 4.96. The number of amides is 1. The smallest absolute Gasteiger partial charge is 0.252 e. The summed E-state index contributed by atoms with van der Waals surface area (Å²) in [5, 5.41) is 0. The Balaban J connectivity index is 1.77. The summed E-state index contributed by atoms with van der Waals surface area (Å²) in [5.41, 5.74) is 12.0. The molecule has 2 saturated carbocycles. The van der Waals surface area contributed by atoms with Crippen molar-refractivity contribution in [1.29, 1.82) is 0 Å². The molecular formula is C15H22N4O. The van der Waals surface area contributed by atoms with Crippen LogP contribution in [0.1, 0.15) is 36.0 Å². The summed E-state index contributed by atoms with van der Waals surface area (Å²) in [4.78, 5) is 17.9. The quantitative estimate of drug-likeness (QED) is 0.874. The van der Waals surface area contributed by atoms with Gasteiger partial charge in [-0.3, -0.25) is 4.79 Å². The minimum atomic E-state index is -0.473. The van der Waals surface area contributed by atoms with Crippen molar-refractivity contribution in [2.45, 2.75) is 25.7 Å². The van der Waals surface area contributed by atoms with E-state index >= 15 is 0 Å². The third kappa shape index (κ3) is 2.32. The van der Waals surface area contributed by atoms with Crippen molar-refractivity contribution >= 4 is 17.4 Å². The van der Waals surface area contributed by atoms with E-state index in [-0.39, 0.29) is 0 Å². The first-order valence-corrected chi connectivity index (χ1v) is 7.31. The Morgan fingerprint density at radius 3 is 2.85 bits per heavy atom. The number of fused-ring (bicyclic) bond motifs is 2. The Morgan fingerprint density at radius 2 is 2.25 bits per heavy atom. The molecule has 1 aromatic heterocycles. The van der Waals surface area contributed by atoms with Crippen molar-refractivity contribution in [3.05, 3.63) is 17.8 Å². The molecule has 5 nitrogen and oxygen atoms in total. The van der Waals surface area contributed by atoms with Crippen molar-refractivity contribution < 1.29 is 4.79 Å². The van der Waals surface area contributed by atoms with Crippen LogP contribution in [-0.2, 0) is 0 Å². The predicted octanol–water partition coefficient (Wildman–Crippen LogP) is 1.64. The first kappa shape index (κ1) is 13.2. The number of pyridine rings is 1. The normalized spacial score (nSPS) is 27.8. The third-order valence-electron chi connectivity index (χ3n) is 4.91. The molecule has 2 aliphatic rings. The first-order valence-electron chi connectivity index (χ1n) is 7.31. The fraction of sp³-hybridized carbons (Fsp3) is 0.600. The summed E-state index contributed by atoms with van der Waals surface area (Å²) in [7, 11) is 1.98. The van der Waals surface area contributed by atoms with E-state index in [0.29, 0.717) is 17.1 Å². The van der Waals surface area contributed by atoms with E-state index in [9.17, 15) is 4.79 Å². The van der Waals surface area contributed by atoms with Gasteiger partial charge in [-0.2, -0.15) is 0 Å². The lowest BCUT2D eigenvalue weighted by molar-refractivity contribution is 0.100. The Bertz CT molecular complexity index is 531. The van der Waals surface area contributed by atoms with Gasteiger partial charge in [-0.15, -0.1) is 0 Å². The molecule has 2 bridgehead atoms. The molecule has 1 heterocycles. The highest BCUT2D eigenvalue weighted by Gasteiger charge is 2.39. The third-order valence-corrected chi connectivity index (χ3v) is 4.91. The Morgan fingerprint density at radius 1 is 1.45 bits per heavy atom. The van der Waals surface area contributed by atoms with Gasteiger partial charge in [0.2, 0.25) is 0 Å². The second-order valence-electron chi connectivity index (χ2n) is 6.32. The second-order valence-corrected chi connectivity index (χ2v) is 6.32. The monoisotopic (exact) mass is 274 g/mol. The molecule has 1 amide bonds. The van der Waals surface area contributed by atoms with Gasteiger partial charge in [0.25, 0.3) is 5.91 Å². The standard InChI is InChI=1S/C15H22N4O/c1-19(8-11-5-9-2-3-10(11)4-9)15-13(14(17)20)6-12(16)7-18-15/h6-7,9-11H,2-5,8,16H2,1H3,(H2,17,20). The molecule has 0 spiro atoms. The number of aromatic nitrogens is 1. The van der Waals surface area contributed by atoms with Gasteiger partial charge in [-0.05, 0) is 43.1 Å². The van der Waals surface area contributed by atoms with E-state index in [1.807, 2.05) is 7.05 Å². The number of anilines is 2. The van der Waals surface area contributed by atoms with Crippen LogP contribution in [0.3, 0.4) is 0 Å². The first-order chi connectivity index (χ1) is 9.54. The SMILES string of the molecule is CN(CC1CC2CCC1C2)c1ncc(N)cc1C(N)=O. The van der Waals surface area contributed by atoms with Crippen LogP contribution in [0.5, 0.6) is 0 Å². The zero-order valence-corrected chi connectivity index (χ0v) is 11.9. The van der Waals surface area contributed by atoms with Gasteiger partial charge in [0.15, 0.2) is 0 Å². The molecule has 3 rings (SSSR count). The molecule has 3 atom stereocenters. The summed E-state index contributed by atoms with van der Waals surface area (Å²) in [6.45, 7) is 0.943. The van der Waals surface area contributed by atoms with Crippen LogP contribution in [-0.4, -0.2) is 24.5 Å². The van der Waals surface area contributed by atoms with Gasteiger partial charge in [0.05, 0.1) is 17.4 Å². The lowest BCUT2D eigenvalue weighted by Gasteiger charge is -2.28. The Hall–Kier alpha value is -1.78. The maximum absolute atomic E-state index is 11.5. The highest BCUT2D eigenvalue weighted by molar-refractivity contribution is 5.98. The Kier molecular flexibility index (Phi) is 3.28. The van der Waals surface area contributed by atoms with Crippen LogP contribution in [0.4, 0.5) is 11.5 Å². The largest absolute Gasteiger partial charge is 0.397 e. The average Bonchev–Trinajstić information content (AvgIpc) is 3.00. The summed E-state index contributed by atoms with van der Waals surface area (Å²) in [6.07, 6.45) is 7.05. The lowest BCUT2D eigenvalue weighted by Crippen LogP contribution is -2.31. The van der Waals surface area contributed by atoms with Crippen molar-refractivity contribution in [2.24, 2.45) is 23.5 Å². The van der Waals surface area contributed by atoms with Gasteiger partial charge in [0.1, 0.15) is 5.82 Å². The van der Waals surface area contributed by atoms with Crippen LogP contribution < -0.4 is 16.4 Å². The fourth-order valence-corrected chi connectivity index (χ4v) is 4.00. The van der Waals surface area contributed by atoms with Crippen LogP contribution in [0.15, 0.2) is 12.3 Å². The van der Waals surface area contributed by atoms with E-state index in [2.05, 4.69) is 9.88 Å². The number of carbonyl (C=O) groups is 1. The van der Waals surface area contributed by atoms with Crippen LogP contribution >= 0.6 is 0 Å². The highest BCUT2D eigenvalue weighted by atomic mass is 16.1. The van der Waals surface area contributed by atoms with Crippen LogP contribution in [0.25, 0.3) is 0 Å². The number of hydrogen-bond acceptors (Lipinski definition) is 4. The van der Waals surface area contributed by atoms with Crippen molar-refractivity contribution in [2.75, 3.05) is 24.2 Å². The molecule has 108 valence electrons. The van der Waals surface area contributed by atoms with Gasteiger partial charge < -0.3 is 16.4 Å². The maximum Gasteiger partial charge on any atom is 0.252 e. The van der Waals surface area contributed by atoms with Crippen molar-refractivity contribution in [3.8, 4) is 0 Å². The topological polar surface area (TPSA) is 85.2 Å². The molecule has 0 radical (unpaired) electrons. The van der Waals surface area contributed by atoms with Crippen LogP contribution in [0, 0.1) is 17.8 Å². The number of carbonyl (C=O) groups excluding carboxylic acids is 1. The number of nitrogens with zero attached hydrogens (tertiary/aromatic N) is 2. The minimum absolute atomic E-state index is 0.413. The van der Waals surface area contributed by atoms with Gasteiger partial charge in [-0.25, -0.2) is 4.98 Å². The molecule has 2 aliphatic carbocycles. The van der Waals surface area contributed by atoms with Crippen LogP contribution in [0.2, 0.25) is 0 Å². The molecule has 5 heteroatoms. The van der Waals surface area contributed by atoms with E-state index < -0.39 is 5.91 Å². The molecule has 2 fully saturated rings. The molecule has 3 unspecified atom stereocenters. The van der Waals surface area contributed by atoms with E-state index in [0.717, 1.165) is 24.3 Å². The van der Waals surface area contributed by atoms with Gasteiger partial charge >= 0.3 is 0 Å². The highest BCUT2D eigenvalue weighted by Crippen LogP contribution is 2.48.